The van der Waals surface area contributed by atoms with Crippen molar-refractivity contribution in [2.45, 2.75) is 65.3 Å². The second kappa shape index (κ2) is 4.65. The normalized spacial score (nSPS) is 40.9. The van der Waals surface area contributed by atoms with Gasteiger partial charge in [-0.25, -0.2) is 0 Å². The van der Waals surface area contributed by atoms with Crippen LogP contribution in [0.4, 0.5) is 0 Å². The van der Waals surface area contributed by atoms with Crippen molar-refractivity contribution in [3.8, 4) is 0 Å². The lowest BCUT2D eigenvalue weighted by Crippen LogP contribution is -2.54. The van der Waals surface area contributed by atoms with E-state index in [0.29, 0.717) is 11.8 Å². The van der Waals surface area contributed by atoms with Gasteiger partial charge in [0.2, 0.25) is 0 Å². The Morgan fingerprint density at radius 2 is 2.07 bits per heavy atom. The fraction of sp³-hybridized carbons (Fsp3) is 1.00. The summed E-state index contributed by atoms with van der Waals surface area (Å²) in [6.07, 6.45) is 6.44. The van der Waals surface area contributed by atoms with Crippen LogP contribution in [0.3, 0.4) is 0 Å². The van der Waals surface area contributed by atoms with Gasteiger partial charge in [0.15, 0.2) is 0 Å². The molecule has 1 nitrogen and oxygen atoms in total. The average molecular weight is 197 g/mol. The Morgan fingerprint density at radius 3 is 2.57 bits per heavy atom. The highest BCUT2D eigenvalue weighted by Crippen LogP contribution is 2.40. The van der Waals surface area contributed by atoms with Crippen LogP contribution in [0.15, 0.2) is 0 Å². The predicted octanol–water partition coefficient (Wildman–Crippen LogP) is 3.58. The van der Waals surface area contributed by atoms with E-state index in [-0.39, 0.29) is 5.54 Å². The van der Waals surface area contributed by atoms with E-state index < -0.39 is 0 Å². The van der Waals surface area contributed by atoms with Crippen LogP contribution in [-0.4, -0.2) is 5.54 Å². The molecule has 0 aromatic rings. The third-order valence-electron chi connectivity index (χ3n) is 4.38. The number of hydrogen-bond acceptors (Lipinski definition) is 1. The van der Waals surface area contributed by atoms with Gasteiger partial charge in [-0.3, -0.25) is 0 Å². The van der Waals surface area contributed by atoms with E-state index in [1.54, 1.807) is 0 Å². The fourth-order valence-corrected chi connectivity index (χ4v) is 3.12. The molecule has 0 spiro atoms. The van der Waals surface area contributed by atoms with Crippen molar-refractivity contribution in [1.82, 2.24) is 0 Å². The van der Waals surface area contributed by atoms with Crippen LogP contribution in [0, 0.1) is 17.8 Å². The summed E-state index contributed by atoms with van der Waals surface area (Å²) >= 11 is 0. The lowest BCUT2D eigenvalue weighted by atomic mass is 9.64. The molecular formula is C13H27N. The largest absolute Gasteiger partial charge is 0.325 e. The molecule has 0 heterocycles. The Hall–Kier alpha value is -0.0400. The Labute approximate surface area is 89.5 Å². The van der Waals surface area contributed by atoms with Crippen molar-refractivity contribution in [3.63, 3.8) is 0 Å². The van der Waals surface area contributed by atoms with Gasteiger partial charge in [0.1, 0.15) is 0 Å². The molecule has 0 aromatic carbocycles. The third kappa shape index (κ3) is 2.31. The monoisotopic (exact) mass is 197 g/mol. The molecule has 1 aliphatic rings. The number of hydrogen-bond donors (Lipinski definition) is 1. The maximum Gasteiger partial charge on any atom is 0.0206 e. The molecule has 1 saturated carbocycles. The molecule has 1 fully saturated rings. The van der Waals surface area contributed by atoms with E-state index >= 15 is 0 Å². The van der Waals surface area contributed by atoms with Crippen molar-refractivity contribution in [1.29, 1.82) is 0 Å². The molecule has 4 atom stereocenters. The second-order valence-electron chi connectivity index (χ2n) is 5.58. The molecule has 0 aromatic heterocycles. The summed E-state index contributed by atoms with van der Waals surface area (Å²) in [6.45, 7) is 9.31. The molecular weight excluding hydrogens is 170 g/mol. The van der Waals surface area contributed by atoms with E-state index in [2.05, 4.69) is 27.7 Å². The maximum atomic E-state index is 6.59. The van der Waals surface area contributed by atoms with Crippen molar-refractivity contribution in [3.05, 3.63) is 0 Å². The van der Waals surface area contributed by atoms with Crippen LogP contribution in [0.1, 0.15) is 59.8 Å². The van der Waals surface area contributed by atoms with Crippen LogP contribution in [-0.2, 0) is 0 Å². The smallest absolute Gasteiger partial charge is 0.0206 e. The maximum absolute atomic E-state index is 6.59. The highest BCUT2D eigenvalue weighted by Gasteiger charge is 2.40. The van der Waals surface area contributed by atoms with Gasteiger partial charge in [0.25, 0.3) is 0 Å². The Morgan fingerprint density at radius 1 is 1.43 bits per heavy atom. The van der Waals surface area contributed by atoms with Crippen LogP contribution in [0.5, 0.6) is 0 Å². The minimum Gasteiger partial charge on any atom is -0.325 e. The van der Waals surface area contributed by atoms with Crippen LogP contribution in [0.25, 0.3) is 0 Å². The SMILES string of the molecule is CCCC(C)C1(N)CCC(C)CC1C. The van der Waals surface area contributed by atoms with Gasteiger partial charge >= 0.3 is 0 Å². The van der Waals surface area contributed by atoms with Gasteiger partial charge in [0, 0.05) is 5.54 Å². The number of nitrogens with two attached hydrogens (primary N) is 1. The third-order valence-corrected chi connectivity index (χ3v) is 4.38. The van der Waals surface area contributed by atoms with Gasteiger partial charge in [-0.05, 0) is 43.4 Å². The Bertz CT molecular complexity index is 172. The number of rotatable bonds is 3. The minimum absolute atomic E-state index is 0.128. The summed E-state index contributed by atoms with van der Waals surface area (Å²) in [5, 5.41) is 0. The molecule has 14 heavy (non-hydrogen) atoms. The van der Waals surface area contributed by atoms with Gasteiger partial charge in [-0.15, -0.1) is 0 Å². The molecule has 0 bridgehead atoms. The first kappa shape index (κ1) is 12.0. The highest BCUT2D eigenvalue weighted by atomic mass is 14.8. The summed E-state index contributed by atoms with van der Waals surface area (Å²) in [5.41, 5.74) is 6.72. The van der Waals surface area contributed by atoms with E-state index in [1.165, 1.54) is 32.1 Å². The standard InChI is InChI=1S/C13H27N/c1-5-6-11(3)13(14)8-7-10(2)9-12(13)4/h10-12H,5-9,14H2,1-4H3. The van der Waals surface area contributed by atoms with Crippen molar-refractivity contribution >= 4 is 0 Å². The topological polar surface area (TPSA) is 26.0 Å². The lowest BCUT2D eigenvalue weighted by molar-refractivity contribution is 0.104. The quantitative estimate of drug-likeness (QED) is 0.735. The van der Waals surface area contributed by atoms with E-state index in [0.717, 1.165) is 5.92 Å². The van der Waals surface area contributed by atoms with Gasteiger partial charge in [0.05, 0.1) is 0 Å². The van der Waals surface area contributed by atoms with E-state index in [9.17, 15) is 0 Å². The highest BCUT2D eigenvalue weighted by molar-refractivity contribution is 4.97. The minimum atomic E-state index is 0.128. The van der Waals surface area contributed by atoms with Gasteiger partial charge < -0.3 is 5.73 Å². The molecule has 1 aliphatic carbocycles. The first-order chi connectivity index (χ1) is 6.50. The van der Waals surface area contributed by atoms with E-state index in [1.807, 2.05) is 0 Å². The zero-order chi connectivity index (χ0) is 10.8. The molecule has 0 amide bonds. The van der Waals surface area contributed by atoms with Crippen molar-refractivity contribution in [2.24, 2.45) is 23.5 Å². The van der Waals surface area contributed by atoms with Gasteiger partial charge in [-0.2, -0.15) is 0 Å². The summed E-state index contributed by atoms with van der Waals surface area (Å²) in [5.74, 6) is 2.28. The summed E-state index contributed by atoms with van der Waals surface area (Å²) < 4.78 is 0. The molecule has 0 saturated heterocycles. The van der Waals surface area contributed by atoms with Crippen LogP contribution >= 0.6 is 0 Å². The Balaban J connectivity index is 2.62. The lowest BCUT2D eigenvalue weighted by Gasteiger charge is -2.46. The van der Waals surface area contributed by atoms with Crippen LogP contribution in [0.2, 0.25) is 0 Å². The van der Waals surface area contributed by atoms with Gasteiger partial charge in [-0.1, -0.05) is 34.1 Å². The summed E-state index contributed by atoms with van der Waals surface area (Å²) in [6, 6.07) is 0. The second-order valence-corrected chi connectivity index (χ2v) is 5.58. The predicted molar refractivity (Wildman–Crippen MR) is 63.2 cm³/mol. The first-order valence-corrected chi connectivity index (χ1v) is 6.29. The molecule has 0 radical (unpaired) electrons. The first-order valence-electron chi connectivity index (χ1n) is 6.29. The molecule has 1 heteroatoms. The molecule has 1 rings (SSSR count). The molecule has 0 aliphatic heterocycles. The zero-order valence-corrected chi connectivity index (χ0v) is 10.3. The molecule has 4 unspecified atom stereocenters. The van der Waals surface area contributed by atoms with E-state index in [4.69, 9.17) is 5.73 Å². The Kier molecular flexibility index (Phi) is 4.00. The molecule has 2 N–H and O–H groups in total. The van der Waals surface area contributed by atoms with Crippen LogP contribution < -0.4 is 5.73 Å². The molecule has 84 valence electrons. The summed E-state index contributed by atoms with van der Waals surface area (Å²) in [4.78, 5) is 0. The van der Waals surface area contributed by atoms with Crippen molar-refractivity contribution < 1.29 is 0 Å². The fourth-order valence-electron chi connectivity index (χ4n) is 3.12. The zero-order valence-electron chi connectivity index (χ0n) is 10.3. The summed E-state index contributed by atoms with van der Waals surface area (Å²) in [7, 11) is 0. The average Bonchev–Trinajstić information content (AvgIpc) is 2.12. The van der Waals surface area contributed by atoms with Crippen molar-refractivity contribution in [2.75, 3.05) is 0 Å².